The van der Waals surface area contributed by atoms with Crippen LogP contribution in [0.4, 0.5) is 5.69 Å². The lowest BCUT2D eigenvalue weighted by Gasteiger charge is -2.06. The van der Waals surface area contributed by atoms with Crippen LogP contribution in [0.25, 0.3) is 22.4 Å². The van der Waals surface area contributed by atoms with Crippen LogP contribution in [-0.4, -0.2) is 21.0 Å². The van der Waals surface area contributed by atoms with Gasteiger partial charge in [0, 0.05) is 16.3 Å². The third kappa shape index (κ3) is 3.00. The molecule has 0 aliphatic rings. The van der Waals surface area contributed by atoms with Crippen LogP contribution in [-0.2, 0) is 0 Å². The lowest BCUT2D eigenvalue weighted by atomic mass is 10.1. The average Bonchev–Trinajstić information content (AvgIpc) is 3.09. The van der Waals surface area contributed by atoms with Crippen LogP contribution in [0.15, 0.2) is 66.7 Å². The van der Waals surface area contributed by atoms with Gasteiger partial charge in [-0.2, -0.15) is 0 Å². The zero-order chi connectivity index (χ0) is 18.1. The molecule has 0 bridgehead atoms. The van der Waals surface area contributed by atoms with E-state index in [1.54, 1.807) is 30.3 Å². The molecule has 0 fully saturated rings. The molecule has 0 aliphatic heterocycles. The number of carbonyl (C=O) groups excluding carboxylic acids is 1. The van der Waals surface area contributed by atoms with E-state index in [1.165, 1.54) is 6.07 Å². The lowest BCUT2D eigenvalue weighted by Crippen LogP contribution is -2.12. The highest BCUT2D eigenvalue weighted by atomic mass is 35.5. The Balaban J connectivity index is 1.77. The summed E-state index contributed by atoms with van der Waals surface area (Å²) in [5.74, 6) is 0.284. The van der Waals surface area contributed by atoms with Gasteiger partial charge in [0.2, 0.25) is 0 Å². The van der Waals surface area contributed by atoms with Crippen molar-refractivity contribution in [3.05, 3.63) is 77.3 Å². The van der Waals surface area contributed by atoms with Crippen molar-refractivity contribution in [3.8, 4) is 17.1 Å². The number of carbonyl (C=O) groups is 1. The second-order valence-corrected chi connectivity index (χ2v) is 6.20. The van der Waals surface area contributed by atoms with Crippen LogP contribution < -0.4 is 5.32 Å². The Kier molecular flexibility index (Phi) is 4.07. The predicted octanol–water partition coefficient (Wildman–Crippen LogP) is 4.84. The Morgan fingerprint density at radius 2 is 1.73 bits per heavy atom. The topological polar surface area (TPSA) is 78.0 Å². The fraction of sp³-hybridized carbons (Fsp3) is 0. The minimum atomic E-state index is -0.296. The van der Waals surface area contributed by atoms with Gasteiger partial charge in [0.05, 0.1) is 5.56 Å². The first-order valence-corrected chi connectivity index (χ1v) is 8.33. The number of H-pyrrole nitrogens is 1. The molecule has 0 unspecified atom stereocenters. The number of aromatic nitrogens is 2. The number of fused-ring (bicyclic) bond motifs is 1. The molecule has 128 valence electrons. The number of halogens is 1. The summed E-state index contributed by atoms with van der Waals surface area (Å²) in [6.45, 7) is 0. The molecule has 5 nitrogen and oxygen atoms in total. The molecule has 1 aromatic heterocycles. The standard InChI is InChI=1S/C20H14ClN3O2/c21-13-8-6-12(7-9-13)19-23-17-15(10-11-16(25)18(17)24-19)20(26)22-14-4-2-1-3-5-14/h1-11,25H,(H,22,26)(H,23,24). The molecular weight excluding hydrogens is 350 g/mol. The largest absolute Gasteiger partial charge is 0.506 e. The number of nitrogens with zero attached hydrogens (tertiary/aromatic N) is 1. The molecule has 0 radical (unpaired) electrons. The maximum atomic E-state index is 12.7. The van der Waals surface area contributed by atoms with Gasteiger partial charge in [-0.15, -0.1) is 0 Å². The quantitative estimate of drug-likeness (QED) is 0.487. The molecule has 0 saturated carbocycles. The van der Waals surface area contributed by atoms with E-state index in [4.69, 9.17) is 11.6 Å². The van der Waals surface area contributed by atoms with Crippen molar-refractivity contribution in [1.29, 1.82) is 0 Å². The third-order valence-electron chi connectivity index (χ3n) is 4.02. The normalized spacial score (nSPS) is 10.8. The zero-order valence-electron chi connectivity index (χ0n) is 13.5. The first-order chi connectivity index (χ1) is 12.6. The molecule has 6 heteroatoms. The molecule has 0 atom stereocenters. The van der Waals surface area contributed by atoms with E-state index in [9.17, 15) is 9.90 Å². The Labute approximate surface area is 154 Å². The van der Waals surface area contributed by atoms with E-state index in [1.807, 2.05) is 30.3 Å². The summed E-state index contributed by atoms with van der Waals surface area (Å²) in [6.07, 6.45) is 0. The Morgan fingerprint density at radius 3 is 2.46 bits per heavy atom. The fourth-order valence-corrected chi connectivity index (χ4v) is 2.85. The summed E-state index contributed by atoms with van der Waals surface area (Å²) in [7, 11) is 0. The minimum Gasteiger partial charge on any atom is -0.506 e. The number of phenolic OH excluding ortho intramolecular Hbond substituents is 1. The fourth-order valence-electron chi connectivity index (χ4n) is 2.73. The number of amides is 1. The van der Waals surface area contributed by atoms with Crippen LogP contribution >= 0.6 is 11.6 Å². The zero-order valence-corrected chi connectivity index (χ0v) is 14.3. The molecule has 1 amide bonds. The van der Waals surface area contributed by atoms with E-state index >= 15 is 0 Å². The molecule has 0 saturated heterocycles. The van der Waals surface area contributed by atoms with Crippen molar-refractivity contribution < 1.29 is 9.90 Å². The van der Waals surface area contributed by atoms with Gasteiger partial charge in [0.1, 0.15) is 22.6 Å². The average molecular weight is 364 g/mol. The Hall–Kier alpha value is -3.31. The number of phenols is 1. The van der Waals surface area contributed by atoms with Gasteiger partial charge in [0.25, 0.3) is 5.91 Å². The van der Waals surface area contributed by atoms with Crippen LogP contribution in [0.2, 0.25) is 5.02 Å². The van der Waals surface area contributed by atoms with E-state index in [2.05, 4.69) is 15.3 Å². The number of anilines is 1. The second kappa shape index (κ2) is 6.54. The van der Waals surface area contributed by atoms with Crippen LogP contribution in [0, 0.1) is 0 Å². The molecule has 0 spiro atoms. The van der Waals surface area contributed by atoms with E-state index < -0.39 is 0 Å². The molecule has 4 rings (SSSR count). The van der Waals surface area contributed by atoms with E-state index in [0.717, 1.165) is 5.56 Å². The number of nitrogens with one attached hydrogen (secondary N) is 2. The minimum absolute atomic E-state index is 0.0315. The summed E-state index contributed by atoms with van der Waals surface area (Å²) in [4.78, 5) is 20.3. The molecule has 1 heterocycles. The van der Waals surface area contributed by atoms with Gasteiger partial charge in [-0.25, -0.2) is 4.98 Å². The van der Waals surface area contributed by atoms with Gasteiger partial charge in [0.15, 0.2) is 0 Å². The van der Waals surface area contributed by atoms with Gasteiger partial charge in [-0.05, 0) is 48.5 Å². The van der Waals surface area contributed by atoms with Crippen molar-refractivity contribution in [2.24, 2.45) is 0 Å². The number of aromatic amines is 1. The lowest BCUT2D eigenvalue weighted by molar-refractivity contribution is 0.102. The van der Waals surface area contributed by atoms with Crippen LogP contribution in [0.3, 0.4) is 0 Å². The van der Waals surface area contributed by atoms with Crippen molar-refractivity contribution in [1.82, 2.24) is 9.97 Å². The second-order valence-electron chi connectivity index (χ2n) is 5.77. The first kappa shape index (κ1) is 16.2. The highest BCUT2D eigenvalue weighted by Gasteiger charge is 2.17. The molecule has 3 N–H and O–H groups in total. The number of imidazole rings is 1. The van der Waals surface area contributed by atoms with Crippen LogP contribution in [0.1, 0.15) is 10.4 Å². The van der Waals surface area contributed by atoms with Gasteiger partial charge in [-0.1, -0.05) is 29.8 Å². The van der Waals surface area contributed by atoms with Gasteiger partial charge in [-0.3, -0.25) is 4.79 Å². The van der Waals surface area contributed by atoms with Crippen molar-refractivity contribution >= 4 is 34.2 Å². The van der Waals surface area contributed by atoms with Gasteiger partial charge >= 0.3 is 0 Å². The summed E-state index contributed by atoms with van der Waals surface area (Å²) in [5, 5.41) is 13.6. The summed E-state index contributed by atoms with van der Waals surface area (Å²) < 4.78 is 0. The third-order valence-corrected chi connectivity index (χ3v) is 4.27. The molecule has 4 aromatic rings. The molecule has 26 heavy (non-hydrogen) atoms. The van der Waals surface area contributed by atoms with Crippen molar-refractivity contribution in [2.45, 2.75) is 0 Å². The summed E-state index contributed by atoms with van der Waals surface area (Å²) in [5.41, 5.74) is 2.68. The number of para-hydroxylation sites is 1. The summed E-state index contributed by atoms with van der Waals surface area (Å²) in [6, 6.07) is 19.4. The molecular formula is C20H14ClN3O2. The first-order valence-electron chi connectivity index (χ1n) is 7.96. The smallest absolute Gasteiger partial charge is 0.257 e. The van der Waals surface area contributed by atoms with E-state index in [0.29, 0.717) is 33.1 Å². The SMILES string of the molecule is O=C(Nc1ccccc1)c1ccc(O)c2[nH]c(-c3ccc(Cl)cc3)nc12. The van der Waals surface area contributed by atoms with Crippen LogP contribution in [0.5, 0.6) is 5.75 Å². The monoisotopic (exact) mass is 363 g/mol. The Bertz CT molecular complexity index is 1090. The maximum absolute atomic E-state index is 12.7. The number of aromatic hydroxyl groups is 1. The highest BCUT2D eigenvalue weighted by molar-refractivity contribution is 6.30. The predicted molar refractivity (Wildman–Crippen MR) is 103 cm³/mol. The summed E-state index contributed by atoms with van der Waals surface area (Å²) >= 11 is 5.92. The van der Waals surface area contributed by atoms with Gasteiger partial charge < -0.3 is 15.4 Å². The number of benzene rings is 3. The highest BCUT2D eigenvalue weighted by Crippen LogP contribution is 2.30. The molecule has 0 aliphatic carbocycles. The number of hydrogen-bond acceptors (Lipinski definition) is 3. The number of rotatable bonds is 3. The van der Waals surface area contributed by atoms with Crippen molar-refractivity contribution in [3.63, 3.8) is 0 Å². The maximum Gasteiger partial charge on any atom is 0.257 e. The Morgan fingerprint density at radius 1 is 1.00 bits per heavy atom. The van der Waals surface area contributed by atoms with E-state index in [-0.39, 0.29) is 11.7 Å². The van der Waals surface area contributed by atoms with Crippen molar-refractivity contribution in [2.75, 3.05) is 5.32 Å². The molecule has 3 aromatic carbocycles. The number of hydrogen-bond donors (Lipinski definition) is 3.